The molecule has 2 rings (SSSR count). The van der Waals surface area contributed by atoms with Crippen LogP contribution >= 0.6 is 11.6 Å². The molecule has 0 aliphatic rings. The second-order valence-corrected chi connectivity index (χ2v) is 5.68. The third-order valence-corrected chi connectivity index (χ3v) is 3.73. The average molecular weight is 317 g/mol. The van der Waals surface area contributed by atoms with Crippen molar-refractivity contribution in [2.75, 3.05) is 13.1 Å². The zero-order valence-electron chi connectivity index (χ0n) is 12.7. The monoisotopic (exact) mass is 316 g/mol. The van der Waals surface area contributed by atoms with Crippen molar-refractivity contribution in [3.8, 4) is 0 Å². The Morgan fingerprint density at radius 2 is 1.91 bits per heavy atom. The molecule has 0 aromatic heterocycles. The van der Waals surface area contributed by atoms with Crippen molar-refractivity contribution >= 4 is 17.5 Å². The van der Waals surface area contributed by atoms with Crippen LogP contribution in [-0.2, 0) is 11.2 Å². The third kappa shape index (κ3) is 5.51. The van der Waals surface area contributed by atoms with Crippen molar-refractivity contribution in [2.24, 2.45) is 0 Å². The number of halogens is 1. The summed E-state index contributed by atoms with van der Waals surface area (Å²) in [5.74, 6) is 0.00445. The molecule has 2 aromatic rings. The van der Waals surface area contributed by atoms with Crippen LogP contribution in [0, 0.1) is 0 Å². The van der Waals surface area contributed by atoms with Crippen LogP contribution in [0.5, 0.6) is 0 Å². The number of rotatable bonds is 7. The predicted molar refractivity (Wildman–Crippen MR) is 91.0 cm³/mol. The summed E-state index contributed by atoms with van der Waals surface area (Å²) in [6.07, 6.45) is 0.778. The quantitative estimate of drug-likeness (QED) is 0.822. The van der Waals surface area contributed by atoms with E-state index in [1.54, 1.807) is 0 Å². The van der Waals surface area contributed by atoms with Crippen molar-refractivity contribution in [1.82, 2.24) is 10.6 Å². The van der Waals surface area contributed by atoms with Gasteiger partial charge in [-0.25, -0.2) is 0 Å². The normalized spacial score (nSPS) is 11.9. The van der Waals surface area contributed by atoms with E-state index >= 15 is 0 Å². The Balaban J connectivity index is 1.68. The molecule has 3 nitrogen and oxygen atoms in total. The van der Waals surface area contributed by atoms with Crippen molar-refractivity contribution < 1.29 is 4.79 Å². The van der Waals surface area contributed by atoms with Crippen molar-refractivity contribution in [3.63, 3.8) is 0 Å². The SMILES string of the molecule is C[C@@H](NCC(=O)NCCc1cccc(Cl)c1)c1ccccc1. The van der Waals surface area contributed by atoms with Gasteiger partial charge in [-0.15, -0.1) is 0 Å². The molecule has 22 heavy (non-hydrogen) atoms. The molecular weight excluding hydrogens is 296 g/mol. The molecule has 2 aromatic carbocycles. The van der Waals surface area contributed by atoms with Crippen LogP contribution in [0.15, 0.2) is 54.6 Å². The highest BCUT2D eigenvalue weighted by Gasteiger charge is 2.06. The lowest BCUT2D eigenvalue weighted by Gasteiger charge is -2.14. The minimum Gasteiger partial charge on any atom is -0.355 e. The van der Waals surface area contributed by atoms with Crippen LogP contribution in [0.25, 0.3) is 0 Å². The van der Waals surface area contributed by atoms with E-state index in [4.69, 9.17) is 11.6 Å². The zero-order valence-corrected chi connectivity index (χ0v) is 13.4. The molecule has 0 aliphatic carbocycles. The van der Waals surface area contributed by atoms with Gasteiger partial charge in [0.1, 0.15) is 0 Å². The maximum absolute atomic E-state index is 11.8. The molecule has 0 bridgehead atoms. The summed E-state index contributed by atoms with van der Waals surface area (Å²) in [5.41, 5.74) is 2.30. The van der Waals surface area contributed by atoms with E-state index in [1.165, 1.54) is 5.56 Å². The van der Waals surface area contributed by atoms with Gasteiger partial charge in [0.05, 0.1) is 6.54 Å². The van der Waals surface area contributed by atoms with Crippen LogP contribution < -0.4 is 10.6 Å². The Hall–Kier alpha value is -1.84. The third-order valence-electron chi connectivity index (χ3n) is 3.49. The Morgan fingerprint density at radius 1 is 1.14 bits per heavy atom. The van der Waals surface area contributed by atoms with Gasteiger partial charge in [-0.3, -0.25) is 4.79 Å². The molecule has 1 amide bonds. The van der Waals surface area contributed by atoms with Gasteiger partial charge >= 0.3 is 0 Å². The van der Waals surface area contributed by atoms with E-state index in [-0.39, 0.29) is 11.9 Å². The summed E-state index contributed by atoms with van der Waals surface area (Å²) in [4.78, 5) is 11.8. The van der Waals surface area contributed by atoms with Gasteiger partial charge in [-0.2, -0.15) is 0 Å². The molecule has 0 spiro atoms. The minimum absolute atomic E-state index is 0.00445. The first kappa shape index (κ1) is 16.5. The molecule has 2 N–H and O–H groups in total. The fraction of sp³-hybridized carbons (Fsp3) is 0.278. The topological polar surface area (TPSA) is 41.1 Å². The van der Waals surface area contributed by atoms with E-state index in [0.717, 1.165) is 17.0 Å². The summed E-state index contributed by atoms with van der Waals surface area (Å²) < 4.78 is 0. The van der Waals surface area contributed by atoms with Gasteiger partial charge in [-0.1, -0.05) is 54.1 Å². The highest BCUT2D eigenvalue weighted by Crippen LogP contribution is 2.11. The number of carbonyl (C=O) groups is 1. The van der Waals surface area contributed by atoms with E-state index in [1.807, 2.05) is 42.5 Å². The van der Waals surface area contributed by atoms with Crippen LogP contribution in [0.4, 0.5) is 0 Å². The second kappa shape index (κ2) is 8.57. The Kier molecular flexibility index (Phi) is 6.44. The van der Waals surface area contributed by atoms with Gasteiger partial charge in [0.25, 0.3) is 0 Å². The smallest absolute Gasteiger partial charge is 0.233 e. The molecular formula is C18H21ClN2O. The van der Waals surface area contributed by atoms with Crippen molar-refractivity contribution in [1.29, 1.82) is 0 Å². The molecule has 0 radical (unpaired) electrons. The lowest BCUT2D eigenvalue weighted by Crippen LogP contribution is -2.36. The number of amides is 1. The van der Waals surface area contributed by atoms with Gasteiger partial charge in [0, 0.05) is 17.6 Å². The van der Waals surface area contributed by atoms with Gasteiger partial charge in [-0.05, 0) is 36.6 Å². The Morgan fingerprint density at radius 3 is 2.64 bits per heavy atom. The van der Waals surface area contributed by atoms with E-state index in [0.29, 0.717) is 13.1 Å². The fourth-order valence-electron chi connectivity index (χ4n) is 2.21. The first-order valence-corrected chi connectivity index (χ1v) is 7.82. The number of benzene rings is 2. The van der Waals surface area contributed by atoms with Gasteiger partial charge < -0.3 is 10.6 Å². The molecule has 1 atom stereocenters. The molecule has 0 heterocycles. The first-order chi connectivity index (χ1) is 10.6. The molecule has 116 valence electrons. The number of hydrogen-bond donors (Lipinski definition) is 2. The molecule has 0 fully saturated rings. The summed E-state index contributed by atoms with van der Waals surface area (Å²) in [6, 6.07) is 17.9. The minimum atomic E-state index is 0.00445. The summed E-state index contributed by atoms with van der Waals surface area (Å²) in [6.45, 7) is 2.97. The highest BCUT2D eigenvalue weighted by molar-refractivity contribution is 6.30. The Labute approximate surface area is 136 Å². The van der Waals surface area contributed by atoms with E-state index in [9.17, 15) is 4.79 Å². The van der Waals surface area contributed by atoms with Gasteiger partial charge in [0.2, 0.25) is 5.91 Å². The number of hydrogen-bond acceptors (Lipinski definition) is 2. The van der Waals surface area contributed by atoms with Crippen LogP contribution in [-0.4, -0.2) is 19.0 Å². The molecule has 0 aliphatic heterocycles. The van der Waals surface area contributed by atoms with Gasteiger partial charge in [0.15, 0.2) is 0 Å². The zero-order chi connectivity index (χ0) is 15.8. The average Bonchev–Trinajstić information content (AvgIpc) is 2.53. The summed E-state index contributed by atoms with van der Waals surface area (Å²) in [7, 11) is 0. The van der Waals surface area contributed by atoms with Crippen molar-refractivity contribution in [3.05, 3.63) is 70.7 Å². The molecule has 0 saturated heterocycles. The van der Waals surface area contributed by atoms with E-state index < -0.39 is 0 Å². The highest BCUT2D eigenvalue weighted by atomic mass is 35.5. The fourth-order valence-corrected chi connectivity index (χ4v) is 2.42. The molecule has 0 unspecified atom stereocenters. The molecule has 4 heteroatoms. The first-order valence-electron chi connectivity index (χ1n) is 7.44. The van der Waals surface area contributed by atoms with E-state index in [2.05, 4.69) is 29.7 Å². The predicted octanol–water partition coefficient (Wildman–Crippen LogP) is 3.35. The number of nitrogens with one attached hydrogen (secondary N) is 2. The summed E-state index contributed by atoms with van der Waals surface area (Å²) >= 11 is 5.93. The van der Waals surface area contributed by atoms with Crippen LogP contribution in [0.2, 0.25) is 5.02 Å². The second-order valence-electron chi connectivity index (χ2n) is 5.24. The molecule has 0 saturated carbocycles. The largest absolute Gasteiger partial charge is 0.355 e. The maximum atomic E-state index is 11.8. The summed E-state index contributed by atoms with van der Waals surface area (Å²) in [5, 5.41) is 6.86. The van der Waals surface area contributed by atoms with Crippen LogP contribution in [0.1, 0.15) is 24.1 Å². The van der Waals surface area contributed by atoms with Crippen molar-refractivity contribution in [2.45, 2.75) is 19.4 Å². The lowest BCUT2D eigenvalue weighted by molar-refractivity contribution is -0.120. The lowest BCUT2D eigenvalue weighted by atomic mass is 10.1. The van der Waals surface area contributed by atoms with Crippen LogP contribution in [0.3, 0.4) is 0 Å². The Bertz CT molecular complexity index is 601. The maximum Gasteiger partial charge on any atom is 0.233 e. The standard InChI is InChI=1S/C18H21ClN2O/c1-14(16-7-3-2-4-8-16)21-13-18(22)20-11-10-15-6-5-9-17(19)12-15/h2-9,12,14,21H,10-11,13H2,1H3,(H,20,22)/t14-/m1/s1. The number of carbonyl (C=O) groups excluding carboxylic acids is 1.